The van der Waals surface area contributed by atoms with Gasteiger partial charge in [0.2, 0.25) is 5.91 Å². The molecule has 0 radical (unpaired) electrons. The molecule has 2 saturated heterocycles. The predicted octanol–water partition coefficient (Wildman–Crippen LogP) is 1.96. The van der Waals surface area contributed by atoms with Crippen molar-refractivity contribution in [3.63, 3.8) is 0 Å². The lowest BCUT2D eigenvalue weighted by atomic mass is 10.0. The van der Waals surface area contributed by atoms with Gasteiger partial charge in [0.15, 0.2) is 4.57 Å². The molecular weight excluding hydrogens is 288 g/mol. The van der Waals surface area contributed by atoms with E-state index in [1.165, 1.54) is 0 Å². The summed E-state index contributed by atoms with van der Waals surface area (Å²) in [6, 6.07) is 0. The lowest BCUT2D eigenvalue weighted by Crippen LogP contribution is -2.61. The first-order chi connectivity index (χ1) is 7.85. The van der Waals surface area contributed by atoms with Crippen LogP contribution in [0.15, 0.2) is 0 Å². The molecule has 0 aromatic rings. The van der Waals surface area contributed by atoms with Crippen LogP contribution >= 0.6 is 15.9 Å². The zero-order valence-electron chi connectivity index (χ0n) is 10.1. The molecule has 2 amide bonds. The molecule has 5 nitrogen and oxygen atoms in total. The van der Waals surface area contributed by atoms with Crippen LogP contribution in [0.4, 0.5) is 4.79 Å². The highest BCUT2D eigenvalue weighted by atomic mass is 79.9. The minimum absolute atomic E-state index is 0.0325. The lowest BCUT2D eigenvalue weighted by molar-refractivity contribution is -0.122. The number of hydrogen-bond acceptors (Lipinski definition) is 3. The number of ether oxygens (including phenoxy) is 1. The molecule has 2 aliphatic heterocycles. The Kier molecular flexibility index (Phi) is 3.10. The number of nitrogens with one attached hydrogen (secondary N) is 1. The molecule has 0 spiro atoms. The Hall–Kier alpha value is -0.780. The summed E-state index contributed by atoms with van der Waals surface area (Å²) >= 11 is 3.52. The number of carbonyl (C=O) groups is 2. The number of halogens is 1. The molecule has 0 bridgehead atoms. The monoisotopic (exact) mass is 304 g/mol. The molecule has 96 valence electrons. The van der Waals surface area contributed by atoms with Gasteiger partial charge in [0.25, 0.3) is 0 Å². The van der Waals surface area contributed by atoms with Crippen molar-refractivity contribution in [1.29, 1.82) is 0 Å². The van der Waals surface area contributed by atoms with Gasteiger partial charge in [0.05, 0.1) is 5.54 Å². The minimum atomic E-state index is -0.808. The third kappa shape index (κ3) is 2.27. The van der Waals surface area contributed by atoms with Crippen LogP contribution in [0, 0.1) is 0 Å². The third-order valence-electron chi connectivity index (χ3n) is 3.18. The fraction of sp³-hybridized carbons (Fsp3) is 0.818. The summed E-state index contributed by atoms with van der Waals surface area (Å²) in [5.41, 5.74) is -0.418. The number of alkyl halides is 1. The Balaban J connectivity index is 2.29. The molecule has 0 aliphatic carbocycles. The quantitative estimate of drug-likeness (QED) is 0.595. The molecule has 6 heteroatoms. The molecule has 2 aliphatic rings. The molecule has 2 rings (SSSR count). The van der Waals surface area contributed by atoms with Crippen LogP contribution in [0.2, 0.25) is 0 Å². The first kappa shape index (κ1) is 12.7. The van der Waals surface area contributed by atoms with Crippen molar-refractivity contribution in [1.82, 2.24) is 10.2 Å². The Labute approximate surface area is 109 Å². The molecule has 1 N–H and O–H groups in total. The van der Waals surface area contributed by atoms with Crippen LogP contribution in [0.5, 0.6) is 0 Å². The van der Waals surface area contributed by atoms with E-state index in [0.29, 0.717) is 19.4 Å². The van der Waals surface area contributed by atoms with Crippen LogP contribution in [0.3, 0.4) is 0 Å². The van der Waals surface area contributed by atoms with Gasteiger partial charge in [-0.1, -0.05) is 0 Å². The molecule has 0 aromatic heterocycles. The fourth-order valence-electron chi connectivity index (χ4n) is 2.39. The van der Waals surface area contributed by atoms with Crippen LogP contribution in [0.25, 0.3) is 0 Å². The van der Waals surface area contributed by atoms with E-state index in [4.69, 9.17) is 4.74 Å². The largest absolute Gasteiger partial charge is 0.447 e. The number of hydrogen-bond donors (Lipinski definition) is 1. The smallest absolute Gasteiger partial charge is 0.412 e. The zero-order valence-corrected chi connectivity index (χ0v) is 11.7. The maximum absolute atomic E-state index is 11.8. The topological polar surface area (TPSA) is 58.6 Å². The van der Waals surface area contributed by atoms with Crippen LogP contribution in [-0.4, -0.2) is 33.6 Å². The maximum atomic E-state index is 11.8. The second-order valence-electron chi connectivity index (χ2n) is 5.22. The van der Waals surface area contributed by atoms with Crippen molar-refractivity contribution in [2.75, 3.05) is 6.61 Å². The highest BCUT2D eigenvalue weighted by Gasteiger charge is 2.52. The van der Waals surface area contributed by atoms with Crippen molar-refractivity contribution < 1.29 is 14.3 Å². The highest BCUT2D eigenvalue weighted by molar-refractivity contribution is 9.10. The summed E-state index contributed by atoms with van der Waals surface area (Å²) in [7, 11) is 0. The summed E-state index contributed by atoms with van der Waals surface area (Å²) in [4.78, 5) is 25.1. The van der Waals surface area contributed by atoms with E-state index < -0.39 is 10.1 Å². The molecule has 17 heavy (non-hydrogen) atoms. The number of amides is 2. The van der Waals surface area contributed by atoms with Crippen molar-refractivity contribution >= 4 is 27.9 Å². The van der Waals surface area contributed by atoms with Gasteiger partial charge in [0, 0.05) is 12.8 Å². The van der Waals surface area contributed by atoms with E-state index in [1.807, 2.05) is 13.8 Å². The Morgan fingerprint density at radius 2 is 2.06 bits per heavy atom. The maximum Gasteiger partial charge on any atom is 0.412 e. The van der Waals surface area contributed by atoms with E-state index in [1.54, 1.807) is 4.90 Å². The van der Waals surface area contributed by atoms with Gasteiger partial charge < -0.3 is 10.1 Å². The lowest BCUT2D eigenvalue weighted by Gasteiger charge is -2.41. The van der Waals surface area contributed by atoms with Crippen molar-refractivity contribution in [3.8, 4) is 0 Å². The standard InChI is InChI=1S/C11H17BrN2O3/c1-10(2)7-17-9(16)14(10)11(12)6-4-3-5-8(15)13-11/h3-7H2,1-2H3,(H,13,15). The van der Waals surface area contributed by atoms with Crippen molar-refractivity contribution in [2.24, 2.45) is 0 Å². The number of rotatable bonds is 1. The first-order valence-electron chi connectivity index (χ1n) is 5.82. The normalized spacial score (nSPS) is 33.0. The van der Waals surface area contributed by atoms with Crippen LogP contribution in [0.1, 0.15) is 39.5 Å². The van der Waals surface area contributed by atoms with Gasteiger partial charge in [-0.25, -0.2) is 4.79 Å². The third-order valence-corrected chi connectivity index (χ3v) is 4.13. The van der Waals surface area contributed by atoms with Crippen LogP contribution < -0.4 is 5.32 Å². The highest BCUT2D eigenvalue weighted by Crippen LogP contribution is 2.38. The zero-order chi connectivity index (χ0) is 12.7. The fourth-order valence-corrected chi connectivity index (χ4v) is 3.52. The SMILES string of the molecule is CC1(C)COC(=O)N1C1(Br)CCCCC(=O)N1. The number of nitrogens with zero attached hydrogens (tertiary/aromatic N) is 1. The van der Waals surface area contributed by atoms with Gasteiger partial charge in [-0.05, 0) is 42.6 Å². The van der Waals surface area contributed by atoms with Gasteiger partial charge in [-0.2, -0.15) is 0 Å². The summed E-state index contributed by atoms with van der Waals surface area (Å²) in [5, 5.41) is 2.89. The molecule has 2 heterocycles. The Morgan fingerprint density at radius 3 is 2.65 bits per heavy atom. The van der Waals surface area contributed by atoms with E-state index in [2.05, 4.69) is 21.2 Å². The number of cyclic esters (lactones) is 1. The van der Waals surface area contributed by atoms with Gasteiger partial charge >= 0.3 is 6.09 Å². The Bertz CT molecular complexity index is 359. The second-order valence-corrected chi connectivity index (χ2v) is 6.53. The Morgan fingerprint density at radius 1 is 1.35 bits per heavy atom. The molecule has 1 atom stereocenters. The summed E-state index contributed by atoms with van der Waals surface area (Å²) in [5.74, 6) is -0.0325. The first-order valence-corrected chi connectivity index (χ1v) is 6.61. The van der Waals surface area contributed by atoms with Gasteiger partial charge in [0.1, 0.15) is 6.61 Å². The van der Waals surface area contributed by atoms with E-state index in [-0.39, 0.29) is 12.0 Å². The second kappa shape index (κ2) is 4.15. The van der Waals surface area contributed by atoms with E-state index in [0.717, 1.165) is 12.8 Å². The molecule has 1 unspecified atom stereocenters. The molecular formula is C11H17BrN2O3. The van der Waals surface area contributed by atoms with Gasteiger partial charge in [-0.15, -0.1) is 0 Å². The predicted molar refractivity (Wildman–Crippen MR) is 65.5 cm³/mol. The van der Waals surface area contributed by atoms with Crippen molar-refractivity contribution in [2.45, 2.75) is 49.6 Å². The minimum Gasteiger partial charge on any atom is -0.447 e. The van der Waals surface area contributed by atoms with E-state index >= 15 is 0 Å². The molecule has 2 fully saturated rings. The van der Waals surface area contributed by atoms with Crippen molar-refractivity contribution in [3.05, 3.63) is 0 Å². The molecule has 0 saturated carbocycles. The van der Waals surface area contributed by atoms with E-state index in [9.17, 15) is 9.59 Å². The summed E-state index contributed by atoms with van der Waals surface area (Å²) in [6.45, 7) is 4.20. The average Bonchev–Trinajstić information content (AvgIpc) is 2.38. The van der Waals surface area contributed by atoms with Gasteiger partial charge in [-0.3, -0.25) is 9.69 Å². The molecule has 0 aromatic carbocycles. The number of carbonyl (C=O) groups excluding carboxylic acids is 2. The van der Waals surface area contributed by atoms with Crippen LogP contribution in [-0.2, 0) is 9.53 Å². The summed E-state index contributed by atoms with van der Waals surface area (Å²) < 4.78 is 4.27. The summed E-state index contributed by atoms with van der Waals surface area (Å²) in [6.07, 6.45) is 2.56. The average molecular weight is 305 g/mol.